The molecular weight excluding hydrogens is 269 g/mol. The van der Waals surface area contributed by atoms with Gasteiger partial charge in [0.1, 0.15) is 0 Å². The van der Waals surface area contributed by atoms with E-state index in [0.29, 0.717) is 10.6 Å². The molecule has 0 bridgehead atoms. The van der Waals surface area contributed by atoms with Gasteiger partial charge in [0.2, 0.25) is 0 Å². The van der Waals surface area contributed by atoms with Crippen molar-refractivity contribution in [3.05, 3.63) is 62.5 Å². The van der Waals surface area contributed by atoms with E-state index >= 15 is 0 Å². The van der Waals surface area contributed by atoms with Crippen molar-refractivity contribution >= 4 is 23.2 Å². The molecule has 2 aromatic rings. The number of aryl methyl sites for hydroxylation is 2. The fourth-order valence-corrected chi connectivity index (χ4v) is 2.16. The summed E-state index contributed by atoms with van der Waals surface area (Å²) in [5.41, 5.74) is 3.36. The van der Waals surface area contributed by atoms with Crippen molar-refractivity contribution in [2.24, 2.45) is 0 Å². The molecule has 4 heteroatoms. The molecule has 2 rings (SSSR count). The minimum absolute atomic E-state index is 0.0306. The van der Waals surface area contributed by atoms with Gasteiger partial charge in [-0.3, -0.25) is 4.79 Å². The standard InChI is InChI=1S/C14H13Cl2NO/c1-9-3-4-12(6-13(9)16)17-8-11(7-15)14(18)5-10(17)2/h3-6,8H,7H2,1-2H3. The Bertz CT molecular complexity index is 647. The Kier molecular flexibility index (Phi) is 3.79. The predicted octanol–water partition coefficient (Wildman–Crippen LogP) is 3.85. The van der Waals surface area contributed by atoms with Crippen molar-refractivity contribution in [3.63, 3.8) is 0 Å². The summed E-state index contributed by atoms with van der Waals surface area (Å²) in [7, 11) is 0. The van der Waals surface area contributed by atoms with Crippen LogP contribution in [0.15, 0.2) is 35.3 Å². The molecule has 0 fully saturated rings. The minimum atomic E-state index is -0.0306. The summed E-state index contributed by atoms with van der Waals surface area (Å²) in [5.74, 6) is 0.207. The second kappa shape index (κ2) is 5.17. The number of rotatable bonds is 2. The van der Waals surface area contributed by atoms with Gasteiger partial charge in [0.25, 0.3) is 0 Å². The number of hydrogen-bond acceptors (Lipinski definition) is 1. The number of benzene rings is 1. The summed E-state index contributed by atoms with van der Waals surface area (Å²) >= 11 is 11.9. The highest BCUT2D eigenvalue weighted by atomic mass is 35.5. The third kappa shape index (κ3) is 2.45. The molecule has 0 amide bonds. The summed E-state index contributed by atoms with van der Waals surface area (Å²) in [4.78, 5) is 11.7. The van der Waals surface area contributed by atoms with Crippen molar-refractivity contribution in [1.82, 2.24) is 4.57 Å². The lowest BCUT2D eigenvalue weighted by Crippen LogP contribution is -2.13. The van der Waals surface area contributed by atoms with E-state index in [9.17, 15) is 4.79 Å². The van der Waals surface area contributed by atoms with Crippen LogP contribution in [0.25, 0.3) is 5.69 Å². The molecule has 18 heavy (non-hydrogen) atoms. The maximum atomic E-state index is 11.7. The van der Waals surface area contributed by atoms with E-state index in [1.807, 2.05) is 36.6 Å². The smallest absolute Gasteiger partial charge is 0.186 e. The topological polar surface area (TPSA) is 22.0 Å². The van der Waals surface area contributed by atoms with E-state index in [1.54, 1.807) is 12.3 Å². The Labute approximate surface area is 116 Å². The third-order valence-corrected chi connectivity index (χ3v) is 3.59. The second-order valence-electron chi connectivity index (χ2n) is 4.24. The van der Waals surface area contributed by atoms with Gasteiger partial charge in [-0.2, -0.15) is 0 Å². The van der Waals surface area contributed by atoms with Crippen molar-refractivity contribution in [1.29, 1.82) is 0 Å². The van der Waals surface area contributed by atoms with E-state index in [-0.39, 0.29) is 11.3 Å². The van der Waals surface area contributed by atoms with Crippen LogP contribution >= 0.6 is 23.2 Å². The molecule has 1 aromatic heterocycles. The Morgan fingerprint density at radius 2 is 1.94 bits per heavy atom. The lowest BCUT2D eigenvalue weighted by Gasteiger charge is -2.13. The van der Waals surface area contributed by atoms with Crippen LogP contribution in [0.2, 0.25) is 5.02 Å². The van der Waals surface area contributed by atoms with Gasteiger partial charge in [0.05, 0.1) is 5.88 Å². The lowest BCUT2D eigenvalue weighted by molar-refractivity contribution is 0.954. The number of aromatic nitrogens is 1. The largest absolute Gasteiger partial charge is 0.321 e. The van der Waals surface area contributed by atoms with Crippen LogP contribution < -0.4 is 5.43 Å². The van der Waals surface area contributed by atoms with E-state index in [1.165, 1.54) is 0 Å². The Morgan fingerprint density at radius 3 is 2.56 bits per heavy atom. The maximum absolute atomic E-state index is 11.7. The fraction of sp³-hybridized carbons (Fsp3) is 0.214. The van der Waals surface area contributed by atoms with E-state index in [0.717, 1.165) is 16.9 Å². The summed E-state index contributed by atoms with van der Waals surface area (Å²) < 4.78 is 1.92. The Hall–Kier alpha value is -1.25. The zero-order valence-corrected chi connectivity index (χ0v) is 11.7. The molecule has 0 aliphatic carbocycles. The molecule has 94 valence electrons. The average Bonchev–Trinajstić information content (AvgIpc) is 2.33. The number of hydrogen-bond donors (Lipinski definition) is 0. The normalized spacial score (nSPS) is 10.7. The number of halogens is 2. The fourth-order valence-electron chi connectivity index (χ4n) is 1.78. The highest BCUT2D eigenvalue weighted by Gasteiger charge is 2.06. The van der Waals surface area contributed by atoms with Crippen LogP contribution in [0.5, 0.6) is 0 Å². The van der Waals surface area contributed by atoms with Crippen LogP contribution in [0.3, 0.4) is 0 Å². The zero-order valence-electron chi connectivity index (χ0n) is 10.2. The molecular formula is C14H13Cl2NO. The van der Waals surface area contributed by atoms with Crippen LogP contribution in [0.1, 0.15) is 16.8 Å². The number of nitrogens with zero attached hydrogens (tertiary/aromatic N) is 1. The van der Waals surface area contributed by atoms with Gasteiger partial charge in [0.15, 0.2) is 5.43 Å². The van der Waals surface area contributed by atoms with Crippen molar-refractivity contribution in [2.75, 3.05) is 0 Å². The summed E-state index contributed by atoms with van der Waals surface area (Å²) in [5, 5.41) is 0.707. The zero-order chi connectivity index (χ0) is 13.3. The van der Waals surface area contributed by atoms with Gasteiger partial charge in [-0.15, -0.1) is 11.6 Å². The third-order valence-electron chi connectivity index (χ3n) is 2.90. The number of pyridine rings is 1. The molecule has 0 saturated carbocycles. The molecule has 2 nitrogen and oxygen atoms in total. The van der Waals surface area contributed by atoms with Gasteiger partial charge < -0.3 is 4.57 Å². The second-order valence-corrected chi connectivity index (χ2v) is 4.92. The molecule has 1 aromatic carbocycles. The molecule has 0 spiro atoms. The Morgan fingerprint density at radius 1 is 1.22 bits per heavy atom. The minimum Gasteiger partial charge on any atom is -0.321 e. The predicted molar refractivity (Wildman–Crippen MR) is 76.1 cm³/mol. The molecule has 0 aliphatic heterocycles. The first-order chi connectivity index (χ1) is 8.52. The van der Waals surface area contributed by atoms with Gasteiger partial charge >= 0.3 is 0 Å². The van der Waals surface area contributed by atoms with E-state index in [2.05, 4.69) is 0 Å². The summed E-state index contributed by atoms with van der Waals surface area (Å²) in [6.45, 7) is 3.84. The first-order valence-corrected chi connectivity index (χ1v) is 6.49. The quantitative estimate of drug-likeness (QED) is 0.767. The molecule has 0 aliphatic rings. The van der Waals surface area contributed by atoms with Crippen LogP contribution in [0.4, 0.5) is 0 Å². The molecule has 0 unspecified atom stereocenters. The molecule has 0 atom stereocenters. The summed E-state index contributed by atoms with van der Waals surface area (Å²) in [6.07, 6.45) is 1.77. The van der Waals surface area contributed by atoms with Crippen molar-refractivity contribution in [2.45, 2.75) is 19.7 Å². The van der Waals surface area contributed by atoms with Gasteiger partial charge in [-0.05, 0) is 31.5 Å². The molecule has 0 N–H and O–H groups in total. The van der Waals surface area contributed by atoms with Gasteiger partial charge in [0, 0.05) is 34.2 Å². The SMILES string of the molecule is Cc1ccc(-n2cc(CCl)c(=O)cc2C)cc1Cl. The summed E-state index contributed by atoms with van der Waals surface area (Å²) in [6, 6.07) is 7.39. The van der Waals surface area contributed by atoms with Crippen LogP contribution in [-0.2, 0) is 5.88 Å². The molecule has 0 saturated heterocycles. The maximum Gasteiger partial charge on any atom is 0.186 e. The highest BCUT2D eigenvalue weighted by Crippen LogP contribution is 2.20. The first kappa shape index (κ1) is 13.2. The van der Waals surface area contributed by atoms with E-state index in [4.69, 9.17) is 23.2 Å². The van der Waals surface area contributed by atoms with Crippen LogP contribution in [0, 0.1) is 13.8 Å². The van der Waals surface area contributed by atoms with Crippen molar-refractivity contribution in [3.8, 4) is 5.69 Å². The monoisotopic (exact) mass is 281 g/mol. The molecule has 1 heterocycles. The van der Waals surface area contributed by atoms with Crippen LogP contribution in [-0.4, -0.2) is 4.57 Å². The first-order valence-electron chi connectivity index (χ1n) is 5.57. The van der Waals surface area contributed by atoms with Gasteiger partial charge in [-0.1, -0.05) is 17.7 Å². The average molecular weight is 282 g/mol. The van der Waals surface area contributed by atoms with Crippen molar-refractivity contribution < 1.29 is 0 Å². The lowest BCUT2D eigenvalue weighted by atomic mass is 10.2. The van der Waals surface area contributed by atoms with E-state index < -0.39 is 0 Å². The number of alkyl halides is 1. The Balaban J connectivity index is 2.63. The molecule has 0 radical (unpaired) electrons. The highest BCUT2D eigenvalue weighted by molar-refractivity contribution is 6.31. The van der Waals surface area contributed by atoms with Gasteiger partial charge in [-0.25, -0.2) is 0 Å².